The van der Waals surface area contributed by atoms with Crippen molar-refractivity contribution in [3.8, 4) is 5.88 Å². The van der Waals surface area contributed by atoms with Crippen molar-refractivity contribution in [2.75, 3.05) is 25.0 Å². The molecule has 2 amide bonds. The number of likely N-dealkylation sites (tertiary alicyclic amines) is 1. The highest BCUT2D eigenvalue weighted by Gasteiger charge is 2.33. The molecule has 0 radical (unpaired) electrons. The number of anilines is 1. The van der Waals surface area contributed by atoms with Crippen molar-refractivity contribution in [2.45, 2.75) is 68.8 Å². The van der Waals surface area contributed by atoms with Crippen molar-refractivity contribution in [3.05, 3.63) is 34.5 Å². The van der Waals surface area contributed by atoms with Crippen LogP contribution in [0.25, 0.3) is 0 Å². The zero-order chi connectivity index (χ0) is 22.7. The summed E-state index contributed by atoms with van der Waals surface area (Å²) in [4.78, 5) is 15.5. The summed E-state index contributed by atoms with van der Waals surface area (Å²) in [6.45, 7) is 5.45. The number of nitrogens with zero attached hydrogens (tertiary/aromatic N) is 4. The lowest BCUT2D eigenvalue weighted by Gasteiger charge is -2.40. The van der Waals surface area contributed by atoms with E-state index in [0.717, 1.165) is 50.9 Å². The highest BCUT2D eigenvalue weighted by Crippen LogP contribution is 2.44. The van der Waals surface area contributed by atoms with Gasteiger partial charge in [0, 0.05) is 5.69 Å². The Hall–Kier alpha value is -2.43. The van der Waals surface area contributed by atoms with Crippen molar-refractivity contribution in [2.24, 2.45) is 9.50 Å². The molecule has 2 aromatic rings. The number of rotatable bonds is 3. The van der Waals surface area contributed by atoms with Gasteiger partial charge < -0.3 is 10.1 Å². The number of amides is 2. The van der Waals surface area contributed by atoms with E-state index in [4.69, 9.17) is 9.88 Å². The van der Waals surface area contributed by atoms with Gasteiger partial charge in [-0.3, -0.25) is 4.90 Å². The van der Waals surface area contributed by atoms with Gasteiger partial charge in [0.2, 0.25) is 5.88 Å². The largest absolute Gasteiger partial charge is 0.475 e. The number of carbonyl (C=O) groups excluding carboxylic acids is 1. The first-order valence-electron chi connectivity index (χ1n) is 11.9. The minimum atomic E-state index is -3.51. The average Bonchev–Trinajstić information content (AvgIpc) is 3.44. The number of ether oxygens (including phenoxy) is 1. The van der Waals surface area contributed by atoms with Gasteiger partial charge in [-0.05, 0) is 79.8 Å². The van der Waals surface area contributed by atoms with Crippen LogP contribution in [-0.2, 0) is 35.7 Å². The molecular weight excluding hydrogens is 440 g/mol. The lowest BCUT2D eigenvalue weighted by Crippen LogP contribution is -2.51. The first kappa shape index (κ1) is 21.1. The van der Waals surface area contributed by atoms with Gasteiger partial charge in [-0.25, -0.2) is 18.8 Å². The van der Waals surface area contributed by atoms with E-state index in [2.05, 4.69) is 32.7 Å². The van der Waals surface area contributed by atoms with Crippen LogP contribution in [0.3, 0.4) is 0 Å². The molecular formula is C23H30N6O3S. The second kappa shape index (κ2) is 7.82. The number of hydrogen-bond acceptors (Lipinski definition) is 5. The summed E-state index contributed by atoms with van der Waals surface area (Å²) in [6, 6.07) is 1.87. The maximum Gasteiger partial charge on any atom is 0.354 e. The molecule has 2 aliphatic heterocycles. The van der Waals surface area contributed by atoms with Crippen molar-refractivity contribution in [1.29, 1.82) is 0 Å². The van der Waals surface area contributed by atoms with Crippen LogP contribution in [0.15, 0.2) is 21.5 Å². The number of urea groups is 1. The molecule has 4 aliphatic rings. The molecule has 9 nitrogen and oxygen atoms in total. The van der Waals surface area contributed by atoms with Crippen LogP contribution in [0.1, 0.15) is 54.4 Å². The summed E-state index contributed by atoms with van der Waals surface area (Å²) in [7, 11) is -3.51. The van der Waals surface area contributed by atoms with Gasteiger partial charge in [0.25, 0.3) is 0 Å². The first-order chi connectivity index (χ1) is 15.9. The van der Waals surface area contributed by atoms with Crippen LogP contribution < -0.4 is 15.2 Å². The second-order valence-electron chi connectivity index (χ2n) is 9.70. The Balaban J connectivity index is 1.28. The monoisotopic (exact) mass is 470 g/mol. The fraction of sp³-hybridized carbons (Fsp3) is 0.565. The number of carbonyl (C=O) groups is 1. The molecule has 1 saturated heterocycles. The fourth-order valence-electron chi connectivity index (χ4n) is 5.74. The minimum absolute atomic E-state index is 0.177. The molecule has 1 aromatic carbocycles. The van der Waals surface area contributed by atoms with Crippen LogP contribution in [0.2, 0.25) is 0 Å². The molecule has 1 fully saturated rings. The second-order valence-corrected chi connectivity index (χ2v) is 11.5. The summed E-state index contributed by atoms with van der Waals surface area (Å²) < 4.78 is 24.8. The molecule has 0 spiro atoms. The zero-order valence-electron chi connectivity index (χ0n) is 18.9. The molecule has 1 aromatic heterocycles. The highest BCUT2D eigenvalue weighted by molar-refractivity contribution is 7.91. The smallest absolute Gasteiger partial charge is 0.354 e. The first-order valence-corrected chi connectivity index (χ1v) is 13.4. The van der Waals surface area contributed by atoms with Gasteiger partial charge in [0.1, 0.15) is 11.5 Å². The number of hydrogen-bond donors (Lipinski definition) is 2. The third kappa shape index (κ3) is 3.55. The summed E-state index contributed by atoms with van der Waals surface area (Å²) >= 11 is 0. The van der Waals surface area contributed by atoms with Gasteiger partial charge in [0.15, 0.2) is 9.92 Å². The number of benzene rings is 1. The predicted octanol–water partition coefficient (Wildman–Crippen LogP) is 2.82. The minimum Gasteiger partial charge on any atom is -0.475 e. The summed E-state index contributed by atoms with van der Waals surface area (Å²) in [6.07, 6.45) is 7.77. The van der Waals surface area contributed by atoms with Gasteiger partial charge >= 0.3 is 6.03 Å². The lowest BCUT2D eigenvalue weighted by molar-refractivity contribution is 0.0417. The maximum absolute atomic E-state index is 13.3. The topological polar surface area (TPSA) is 115 Å². The summed E-state index contributed by atoms with van der Waals surface area (Å²) in [5.41, 5.74) is 5.87. The van der Waals surface area contributed by atoms with Gasteiger partial charge in [-0.2, -0.15) is 5.10 Å². The van der Waals surface area contributed by atoms with Crippen LogP contribution >= 0.6 is 0 Å². The zero-order valence-corrected chi connectivity index (χ0v) is 19.7. The summed E-state index contributed by atoms with van der Waals surface area (Å²) in [5, 5.41) is 13.4. The number of nitrogens with two attached hydrogens (primary N) is 1. The van der Waals surface area contributed by atoms with E-state index in [1.54, 1.807) is 4.68 Å². The van der Waals surface area contributed by atoms with E-state index < -0.39 is 15.9 Å². The Labute approximate surface area is 194 Å². The molecule has 2 aliphatic carbocycles. The van der Waals surface area contributed by atoms with Crippen molar-refractivity contribution >= 4 is 21.6 Å². The van der Waals surface area contributed by atoms with E-state index in [1.807, 2.05) is 0 Å². The Morgan fingerprint density at radius 1 is 1.27 bits per heavy atom. The predicted molar refractivity (Wildman–Crippen MR) is 125 cm³/mol. The molecule has 0 bridgehead atoms. The normalized spacial score (nSPS) is 25.3. The molecule has 176 valence electrons. The molecule has 3 N–H and O–H groups in total. The Bertz CT molecular complexity index is 1260. The lowest BCUT2D eigenvalue weighted by atomic mass is 9.95. The van der Waals surface area contributed by atoms with E-state index in [1.165, 1.54) is 34.9 Å². The van der Waals surface area contributed by atoms with E-state index in [0.29, 0.717) is 24.9 Å². The molecule has 33 heavy (non-hydrogen) atoms. The van der Waals surface area contributed by atoms with E-state index >= 15 is 0 Å². The number of aromatic nitrogens is 2. The number of nitrogens with one attached hydrogen (secondary N) is 1. The fourth-order valence-corrected chi connectivity index (χ4v) is 6.74. The van der Waals surface area contributed by atoms with Gasteiger partial charge in [-0.1, -0.05) is 13.0 Å². The average molecular weight is 471 g/mol. The van der Waals surface area contributed by atoms with E-state index in [-0.39, 0.29) is 10.9 Å². The van der Waals surface area contributed by atoms with Gasteiger partial charge in [-0.15, -0.1) is 4.36 Å². The van der Waals surface area contributed by atoms with Crippen LogP contribution in [0.5, 0.6) is 5.88 Å². The quantitative estimate of drug-likeness (QED) is 0.716. The Morgan fingerprint density at radius 2 is 2.12 bits per heavy atom. The van der Waals surface area contributed by atoms with Crippen LogP contribution in [0, 0.1) is 0 Å². The molecule has 3 heterocycles. The van der Waals surface area contributed by atoms with E-state index in [9.17, 15) is 9.00 Å². The maximum atomic E-state index is 13.3. The SMILES string of the molecule is C[C@@H]1CCc2cc3c(c(NC(=O)N=[S@](N)(=O)c4cnn5c4OC[C@@H](N4CCC4)C5)c21)CCC3. The standard InChI is InChI=1S/C23H30N6O3S/c1-14-6-7-16-10-15-4-2-5-18(15)21(20(14)16)26-23(30)27-33(24,31)19-11-25-29-12-17(13-32-22(19)29)28-8-3-9-28/h10-11,14,17H,2-9,12-13H2,1H3,(H3,24,26,27,30,31)/t14-,17+,33+/m1/s1. The highest BCUT2D eigenvalue weighted by atomic mass is 32.2. The molecule has 0 unspecified atom stereocenters. The van der Waals surface area contributed by atoms with Crippen molar-refractivity contribution < 1.29 is 13.7 Å². The molecule has 6 rings (SSSR count). The third-order valence-corrected chi connectivity index (χ3v) is 8.94. The summed E-state index contributed by atoms with van der Waals surface area (Å²) in [5.74, 6) is 0.727. The van der Waals surface area contributed by atoms with Crippen molar-refractivity contribution in [1.82, 2.24) is 14.7 Å². The number of fused-ring (bicyclic) bond motifs is 3. The van der Waals surface area contributed by atoms with Crippen molar-refractivity contribution in [3.63, 3.8) is 0 Å². The van der Waals surface area contributed by atoms with Gasteiger partial charge in [0.05, 0.1) is 18.8 Å². The molecule has 3 atom stereocenters. The van der Waals surface area contributed by atoms with Crippen LogP contribution in [0.4, 0.5) is 10.5 Å². The Morgan fingerprint density at radius 3 is 2.91 bits per heavy atom. The van der Waals surface area contributed by atoms with Crippen LogP contribution in [-0.4, -0.2) is 50.7 Å². The third-order valence-electron chi connectivity index (χ3n) is 7.59. The Kier molecular flexibility index (Phi) is 5.00. The molecule has 0 saturated carbocycles. The number of aryl methyl sites for hydroxylation is 2. The molecule has 10 heteroatoms.